The van der Waals surface area contributed by atoms with Gasteiger partial charge >= 0.3 is 6.09 Å². The molecule has 4 rings (SSSR count). The van der Waals surface area contributed by atoms with E-state index >= 15 is 0 Å². The minimum Gasteiger partial charge on any atom is -0.444 e. The van der Waals surface area contributed by atoms with E-state index in [1.807, 2.05) is 20.8 Å². The van der Waals surface area contributed by atoms with E-state index in [0.29, 0.717) is 35.7 Å². The highest BCUT2D eigenvalue weighted by Gasteiger charge is 2.63. The summed E-state index contributed by atoms with van der Waals surface area (Å²) in [5.74, 6) is 0.657. The molecule has 0 unspecified atom stereocenters. The van der Waals surface area contributed by atoms with Crippen LogP contribution in [0.2, 0.25) is 0 Å². The molecule has 3 aliphatic rings. The van der Waals surface area contributed by atoms with Gasteiger partial charge in [0.15, 0.2) is 0 Å². The zero-order valence-corrected chi connectivity index (χ0v) is 15.0. The molecule has 3 heterocycles. The average Bonchev–Trinajstić information content (AvgIpc) is 2.92. The summed E-state index contributed by atoms with van der Waals surface area (Å²) in [7, 11) is 0. The van der Waals surface area contributed by atoms with E-state index < -0.39 is 17.2 Å². The van der Waals surface area contributed by atoms with E-state index in [-0.39, 0.29) is 5.91 Å². The van der Waals surface area contributed by atoms with Crippen molar-refractivity contribution in [3.8, 4) is 0 Å². The number of halogens is 1. The SMILES string of the molecule is CC(C)(C)OC(=O)N1CC2CC1(C(=O)Nc1cccc(Br)n1)C2. The van der Waals surface area contributed by atoms with Crippen molar-refractivity contribution >= 4 is 33.7 Å². The molecule has 0 radical (unpaired) electrons. The third kappa shape index (κ3) is 3.06. The number of amides is 2. The molecule has 7 heteroatoms. The molecule has 2 amide bonds. The summed E-state index contributed by atoms with van der Waals surface area (Å²) < 4.78 is 6.09. The summed E-state index contributed by atoms with van der Waals surface area (Å²) in [6, 6.07) is 5.31. The summed E-state index contributed by atoms with van der Waals surface area (Å²) in [6.45, 7) is 6.05. The molecule has 2 bridgehead atoms. The first-order chi connectivity index (χ1) is 10.7. The van der Waals surface area contributed by atoms with Gasteiger partial charge in [-0.3, -0.25) is 9.69 Å². The normalized spacial score (nSPS) is 25.7. The number of carbonyl (C=O) groups is 2. The number of fused-ring (bicyclic) bond motifs is 1. The van der Waals surface area contributed by atoms with Gasteiger partial charge in [0.1, 0.15) is 21.6 Å². The fraction of sp³-hybridized carbons (Fsp3) is 0.562. The van der Waals surface area contributed by atoms with Crippen LogP contribution in [0.15, 0.2) is 22.8 Å². The van der Waals surface area contributed by atoms with E-state index in [4.69, 9.17) is 4.74 Å². The van der Waals surface area contributed by atoms with Gasteiger partial charge in [-0.25, -0.2) is 9.78 Å². The Balaban J connectivity index is 1.75. The topological polar surface area (TPSA) is 71.5 Å². The fourth-order valence-electron chi connectivity index (χ4n) is 3.26. The van der Waals surface area contributed by atoms with Gasteiger partial charge in [-0.05, 0) is 67.6 Å². The Kier molecular flexibility index (Phi) is 3.86. The van der Waals surface area contributed by atoms with Gasteiger partial charge in [0.25, 0.3) is 5.91 Å². The Bertz CT molecular complexity index is 650. The van der Waals surface area contributed by atoms with Crippen LogP contribution in [0, 0.1) is 5.92 Å². The van der Waals surface area contributed by atoms with Gasteiger partial charge in [0.2, 0.25) is 0 Å². The number of pyridine rings is 1. The van der Waals surface area contributed by atoms with Crippen molar-refractivity contribution in [2.24, 2.45) is 5.92 Å². The maximum atomic E-state index is 12.8. The Morgan fingerprint density at radius 1 is 1.39 bits per heavy atom. The second-order valence-electron chi connectivity index (χ2n) is 7.20. The second-order valence-corrected chi connectivity index (χ2v) is 8.01. The minimum absolute atomic E-state index is 0.192. The number of carbonyl (C=O) groups excluding carboxylic acids is 2. The summed E-state index contributed by atoms with van der Waals surface area (Å²) >= 11 is 3.28. The first-order valence-corrected chi connectivity index (χ1v) is 8.44. The highest BCUT2D eigenvalue weighted by molar-refractivity contribution is 9.10. The third-order valence-electron chi connectivity index (χ3n) is 4.20. The smallest absolute Gasteiger partial charge is 0.411 e. The molecule has 1 saturated carbocycles. The number of ether oxygens (including phenoxy) is 1. The van der Waals surface area contributed by atoms with Gasteiger partial charge in [0, 0.05) is 6.54 Å². The molecule has 0 spiro atoms. The molecular formula is C16H20BrN3O3. The fourth-order valence-corrected chi connectivity index (χ4v) is 3.61. The van der Waals surface area contributed by atoms with Gasteiger partial charge in [-0.1, -0.05) is 6.07 Å². The number of anilines is 1. The van der Waals surface area contributed by atoms with Crippen LogP contribution >= 0.6 is 15.9 Å². The predicted octanol–water partition coefficient (Wildman–Crippen LogP) is 3.18. The molecule has 1 aliphatic carbocycles. The molecule has 1 N–H and O–H groups in total. The molecular weight excluding hydrogens is 362 g/mol. The quantitative estimate of drug-likeness (QED) is 0.798. The summed E-state index contributed by atoms with van der Waals surface area (Å²) in [5, 5.41) is 2.82. The molecule has 124 valence electrons. The van der Waals surface area contributed by atoms with E-state index in [0.717, 1.165) is 0 Å². The highest BCUT2D eigenvalue weighted by atomic mass is 79.9. The van der Waals surface area contributed by atoms with E-state index in [1.165, 1.54) is 0 Å². The standard InChI is InChI=1S/C16H20BrN3O3/c1-15(2,3)23-14(22)20-9-10-7-16(20,8-10)13(21)19-12-6-4-5-11(17)18-12/h4-6,10H,7-9H2,1-3H3,(H,18,19,21). The van der Waals surface area contributed by atoms with Crippen LogP contribution in [0.4, 0.5) is 10.6 Å². The van der Waals surface area contributed by atoms with Crippen LogP contribution < -0.4 is 5.32 Å². The zero-order valence-electron chi connectivity index (χ0n) is 13.4. The van der Waals surface area contributed by atoms with Crippen molar-refractivity contribution < 1.29 is 14.3 Å². The van der Waals surface area contributed by atoms with Crippen LogP contribution in [0.3, 0.4) is 0 Å². The Hall–Kier alpha value is -1.63. The van der Waals surface area contributed by atoms with Crippen molar-refractivity contribution in [1.29, 1.82) is 0 Å². The Labute approximate surface area is 143 Å². The molecule has 3 fully saturated rings. The van der Waals surface area contributed by atoms with Crippen molar-refractivity contribution in [3.63, 3.8) is 0 Å². The summed E-state index contributed by atoms with van der Waals surface area (Å²) in [4.78, 5) is 31.0. The lowest BCUT2D eigenvalue weighted by molar-refractivity contribution is -0.128. The second kappa shape index (κ2) is 5.47. The van der Waals surface area contributed by atoms with Gasteiger partial charge in [-0.15, -0.1) is 0 Å². The van der Waals surface area contributed by atoms with Crippen molar-refractivity contribution in [1.82, 2.24) is 9.88 Å². The summed E-state index contributed by atoms with van der Waals surface area (Å²) in [5.41, 5.74) is -1.37. The predicted molar refractivity (Wildman–Crippen MR) is 89.0 cm³/mol. The van der Waals surface area contributed by atoms with Crippen molar-refractivity contribution in [2.75, 3.05) is 11.9 Å². The molecule has 23 heavy (non-hydrogen) atoms. The monoisotopic (exact) mass is 381 g/mol. The van der Waals surface area contributed by atoms with Gasteiger partial charge in [-0.2, -0.15) is 0 Å². The van der Waals surface area contributed by atoms with Crippen LogP contribution in [-0.4, -0.2) is 39.6 Å². The average molecular weight is 382 g/mol. The number of aromatic nitrogens is 1. The van der Waals surface area contributed by atoms with E-state index in [2.05, 4.69) is 26.2 Å². The maximum Gasteiger partial charge on any atom is 0.411 e. The van der Waals surface area contributed by atoms with Gasteiger partial charge < -0.3 is 10.1 Å². The first kappa shape index (κ1) is 16.2. The molecule has 0 atom stereocenters. The van der Waals surface area contributed by atoms with Crippen LogP contribution in [0.1, 0.15) is 33.6 Å². The van der Waals surface area contributed by atoms with E-state index in [1.54, 1.807) is 23.1 Å². The molecule has 1 aromatic rings. The van der Waals surface area contributed by atoms with Crippen molar-refractivity contribution in [2.45, 2.75) is 44.8 Å². The van der Waals surface area contributed by atoms with E-state index in [9.17, 15) is 9.59 Å². The van der Waals surface area contributed by atoms with Crippen molar-refractivity contribution in [3.05, 3.63) is 22.8 Å². The number of nitrogens with one attached hydrogen (secondary N) is 1. The maximum absolute atomic E-state index is 12.8. The number of nitrogens with zero attached hydrogens (tertiary/aromatic N) is 2. The molecule has 0 aromatic carbocycles. The molecule has 6 nitrogen and oxygen atoms in total. The Morgan fingerprint density at radius 2 is 2.09 bits per heavy atom. The lowest BCUT2D eigenvalue weighted by Crippen LogP contribution is -2.57. The van der Waals surface area contributed by atoms with Crippen LogP contribution in [0.25, 0.3) is 0 Å². The molecule has 2 saturated heterocycles. The summed E-state index contributed by atoms with van der Waals surface area (Å²) in [6.07, 6.45) is 0.952. The zero-order chi connectivity index (χ0) is 16.8. The molecule has 1 aromatic heterocycles. The number of hydrogen-bond acceptors (Lipinski definition) is 4. The first-order valence-electron chi connectivity index (χ1n) is 7.64. The largest absolute Gasteiger partial charge is 0.444 e. The highest BCUT2D eigenvalue weighted by Crippen LogP contribution is 2.51. The Morgan fingerprint density at radius 3 is 2.70 bits per heavy atom. The number of rotatable bonds is 2. The lowest BCUT2D eigenvalue weighted by Gasteiger charge is -2.40. The van der Waals surface area contributed by atoms with Crippen LogP contribution in [0.5, 0.6) is 0 Å². The minimum atomic E-state index is -0.795. The third-order valence-corrected chi connectivity index (χ3v) is 4.65. The molecule has 2 aliphatic heterocycles. The van der Waals surface area contributed by atoms with Gasteiger partial charge in [0.05, 0.1) is 0 Å². The number of hydrogen-bond donors (Lipinski definition) is 1. The lowest BCUT2D eigenvalue weighted by atomic mass is 9.72. The van der Waals surface area contributed by atoms with Crippen LogP contribution in [-0.2, 0) is 9.53 Å².